The molecule has 1 aromatic heterocycles. The van der Waals surface area contributed by atoms with E-state index in [-0.39, 0.29) is 6.10 Å². The lowest BCUT2D eigenvalue weighted by molar-refractivity contribution is 0.0191. The van der Waals surface area contributed by atoms with E-state index in [0.717, 1.165) is 43.2 Å². The molecule has 7 heteroatoms. The van der Waals surface area contributed by atoms with Crippen LogP contribution in [0.1, 0.15) is 25.5 Å². The van der Waals surface area contributed by atoms with Crippen LogP contribution in [0.5, 0.6) is 0 Å². The van der Waals surface area contributed by atoms with Gasteiger partial charge in [0.05, 0.1) is 25.9 Å². The lowest BCUT2D eigenvalue weighted by atomic mass is 10.2. The van der Waals surface area contributed by atoms with Gasteiger partial charge in [0.15, 0.2) is 5.96 Å². The van der Waals surface area contributed by atoms with Crippen LogP contribution >= 0.6 is 0 Å². The lowest BCUT2D eigenvalue weighted by Gasteiger charge is -2.13. The van der Waals surface area contributed by atoms with E-state index < -0.39 is 0 Å². The fraction of sp³-hybridized carbons (Fsp3) is 0.500. The van der Waals surface area contributed by atoms with Gasteiger partial charge < -0.3 is 24.5 Å². The topological polar surface area (TPSA) is 80.9 Å². The van der Waals surface area contributed by atoms with Crippen LogP contribution in [0.25, 0.3) is 11.5 Å². The maximum atomic E-state index is 5.66. The highest BCUT2D eigenvalue weighted by Crippen LogP contribution is 2.18. The summed E-state index contributed by atoms with van der Waals surface area (Å²) in [6, 6.07) is 9.84. The Morgan fingerprint density at radius 3 is 2.96 bits per heavy atom. The molecule has 7 nitrogen and oxygen atoms in total. The minimum absolute atomic E-state index is 0.262. The zero-order valence-electron chi connectivity index (χ0n) is 15.8. The van der Waals surface area contributed by atoms with E-state index in [2.05, 4.69) is 20.6 Å². The van der Waals surface area contributed by atoms with Gasteiger partial charge in [0.25, 0.3) is 0 Å². The summed E-state index contributed by atoms with van der Waals surface area (Å²) in [6.45, 7) is 6.10. The quantitative estimate of drug-likeness (QED) is 0.400. The molecular formula is C20H28N4O3. The largest absolute Gasteiger partial charge is 0.444 e. The third-order valence-corrected chi connectivity index (χ3v) is 4.18. The van der Waals surface area contributed by atoms with E-state index in [9.17, 15) is 0 Å². The first-order valence-corrected chi connectivity index (χ1v) is 9.56. The van der Waals surface area contributed by atoms with Crippen LogP contribution in [0, 0.1) is 0 Å². The predicted octanol–water partition coefficient (Wildman–Crippen LogP) is 2.59. The van der Waals surface area contributed by atoms with Crippen LogP contribution in [-0.2, 0) is 16.0 Å². The summed E-state index contributed by atoms with van der Waals surface area (Å²) in [5, 5.41) is 6.49. The van der Waals surface area contributed by atoms with Gasteiger partial charge in [-0.15, -0.1) is 0 Å². The van der Waals surface area contributed by atoms with Crippen molar-refractivity contribution in [3.63, 3.8) is 0 Å². The standard InChI is InChI=1S/C20H28N4O3/c1-2-21-20(22-10-12-25-15-18-9-6-11-26-18)23-13-17-14-27-19(24-17)16-7-4-3-5-8-16/h3-5,7-8,14,18H,2,6,9-13,15H2,1H3,(H2,21,22,23). The normalized spacial score (nSPS) is 17.2. The lowest BCUT2D eigenvalue weighted by Crippen LogP contribution is -2.39. The van der Waals surface area contributed by atoms with Crippen molar-refractivity contribution in [1.29, 1.82) is 0 Å². The third kappa shape index (κ3) is 6.37. The number of hydrogen-bond acceptors (Lipinski definition) is 5. The number of guanidine groups is 1. The molecule has 1 fully saturated rings. The van der Waals surface area contributed by atoms with E-state index in [1.165, 1.54) is 0 Å². The van der Waals surface area contributed by atoms with Crippen molar-refractivity contribution in [2.75, 3.05) is 32.9 Å². The Labute approximate surface area is 160 Å². The third-order valence-electron chi connectivity index (χ3n) is 4.18. The molecule has 1 aromatic carbocycles. The summed E-state index contributed by atoms with van der Waals surface area (Å²) in [6.07, 6.45) is 4.15. The molecule has 2 aromatic rings. The molecule has 2 N–H and O–H groups in total. The van der Waals surface area contributed by atoms with E-state index in [0.29, 0.717) is 32.2 Å². The molecule has 1 atom stereocenters. The monoisotopic (exact) mass is 372 g/mol. The highest BCUT2D eigenvalue weighted by atomic mass is 16.5. The van der Waals surface area contributed by atoms with Crippen molar-refractivity contribution in [2.45, 2.75) is 32.4 Å². The Balaban J connectivity index is 1.43. The van der Waals surface area contributed by atoms with E-state index in [1.54, 1.807) is 6.26 Å². The molecule has 2 heterocycles. The van der Waals surface area contributed by atoms with Gasteiger partial charge in [-0.3, -0.25) is 0 Å². The van der Waals surface area contributed by atoms with Gasteiger partial charge in [-0.2, -0.15) is 0 Å². The molecule has 3 rings (SSSR count). The minimum atomic E-state index is 0.262. The van der Waals surface area contributed by atoms with Crippen LogP contribution in [0.2, 0.25) is 0 Å². The molecule has 0 saturated carbocycles. The van der Waals surface area contributed by atoms with Gasteiger partial charge in [-0.1, -0.05) is 18.2 Å². The van der Waals surface area contributed by atoms with Gasteiger partial charge in [-0.05, 0) is 31.9 Å². The summed E-state index contributed by atoms with van der Waals surface area (Å²) >= 11 is 0. The highest BCUT2D eigenvalue weighted by Gasteiger charge is 2.15. The summed E-state index contributed by atoms with van der Waals surface area (Å²) in [5.74, 6) is 1.35. The van der Waals surface area contributed by atoms with E-state index >= 15 is 0 Å². The van der Waals surface area contributed by atoms with Gasteiger partial charge in [0, 0.05) is 25.3 Å². The molecule has 0 spiro atoms. The Bertz CT molecular complexity index is 696. The average molecular weight is 372 g/mol. The number of rotatable bonds is 9. The average Bonchev–Trinajstić information content (AvgIpc) is 3.38. The molecular weight excluding hydrogens is 344 g/mol. The highest BCUT2D eigenvalue weighted by molar-refractivity contribution is 5.79. The smallest absolute Gasteiger partial charge is 0.226 e. The number of ether oxygens (including phenoxy) is 2. The van der Waals surface area contributed by atoms with E-state index in [1.807, 2.05) is 37.3 Å². The Hall–Kier alpha value is -2.38. The zero-order chi connectivity index (χ0) is 18.7. The first-order chi connectivity index (χ1) is 13.3. The summed E-state index contributed by atoms with van der Waals surface area (Å²) in [5.41, 5.74) is 1.75. The fourth-order valence-electron chi connectivity index (χ4n) is 2.83. The van der Waals surface area contributed by atoms with Gasteiger partial charge in [0.2, 0.25) is 5.89 Å². The fourth-order valence-corrected chi connectivity index (χ4v) is 2.83. The molecule has 1 unspecified atom stereocenters. The van der Waals surface area contributed by atoms with Crippen molar-refractivity contribution in [3.05, 3.63) is 42.3 Å². The van der Waals surface area contributed by atoms with Crippen molar-refractivity contribution in [3.8, 4) is 11.5 Å². The van der Waals surface area contributed by atoms with Crippen LogP contribution in [-0.4, -0.2) is 50.0 Å². The predicted molar refractivity (Wildman–Crippen MR) is 105 cm³/mol. The second-order valence-corrected chi connectivity index (χ2v) is 6.34. The summed E-state index contributed by atoms with van der Waals surface area (Å²) < 4.78 is 16.8. The zero-order valence-corrected chi connectivity index (χ0v) is 15.8. The number of benzene rings is 1. The van der Waals surface area contributed by atoms with Crippen molar-refractivity contribution in [2.24, 2.45) is 4.99 Å². The molecule has 0 amide bonds. The Morgan fingerprint density at radius 1 is 1.30 bits per heavy atom. The van der Waals surface area contributed by atoms with Crippen LogP contribution in [0.3, 0.4) is 0 Å². The molecule has 146 valence electrons. The summed E-state index contributed by atoms with van der Waals surface area (Å²) in [7, 11) is 0. The van der Waals surface area contributed by atoms with Crippen molar-refractivity contribution >= 4 is 5.96 Å². The molecule has 1 aliphatic rings. The van der Waals surface area contributed by atoms with Gasteiger partial charge >= 0.3 is 0 Å². The van der Waals surface area contributed by atoms with Crippen LogP contribution in [0.4, 0.5) is 0 Å². The minimum Gasteiger partial charge on any atom is -0.444 e. The molecule has 1 saturated heterocycles. The molecule has 1 aliphatic heterocycles. The van der Waals surface area contributed by atoms with E-state index in [4.69, 9.17) is 13.9 Å². The van der Waals surface area contributed by atoms with Crippen LogP contribution in [0.15, 0.2) is 46.0 Å². The number of aliphatic imine (C=N–C) groups is 1. The second-order valence-electron chi connectivity index (χ2n) is 6.34. The molecule has 27 heavy (non-hydrogen) atoms. The number of aromatic nitrogens is 1. The SMILES string of the molecule is CCNC(=NCc1coc(-c2ccccc2)n1)NCCOCC1CCCO1. The number of hydrogen-bond donors (Lipinski definition) is 2. The van der Waals surface area contributed by atoms with Crippen molar-refractivity contribution in [1.82, 2.24) is 15.6 Å². The van der Waals surface area contributed by atoms with Gasteiger partial charge in [-0.25, -0.2) is 9.98 Å². The number of nitrogens with one attached hydrogen (secondary N) is 2. The number of nitrogens with zero attached hydrogens (tertiary/aromatic N) is 2. The van der Waals surface area contributed by atoms with Crippen LogP contribution < -0.4 is 10.6 Å². The summed E-state index contributed by atoms with van der Waals surface area (Å²) in [4.78, 5) is 9.06. The van der Waals surface area contributed by atoms with Gasteiger partial charge in [0.1, 0.15) is 12.0 Å². The first kappa shape index (κ1) is 19.4. The number of oxazole rings is 1. The Kier molecular flexibility index (Phi) is 7.68. The Morgan fingerprint density at radius 2 is 2.19 bits per heavy atom. The maximum Gasteiger partial charge on any atom is 0.226 e. The maximum absolute atomic E-state index is 5.66. The molecule has 0 aliphatic carbocycles. The first-order valence-electron chi connectivity index (χ1n) is 9.56. The van der Waals surface area contributed by atoms with Crippen molar-refractivity contribution < 1.29 is 13.9 Å². The molecule has 0 bridgehead atoms. The molecule has 0 radical (unpaired) electrons. The second kappa shape index (κ2) is 10.7.